The van der Waals surface area contributed by atoms with Crippen LogP contribution >= 0.6 is 0 Å². The Hall–Kier alpha value is -0.0800. The molecule has 0 spiro atoms. The van der Waals surface area contributed by atoms with Crippen molar-refractivity contribution in [1.82, 2.24) is 5.32 Å². The summed E-state index contributed by atoms with van der Waals surface area (Å²) in [6.45, 7) is 7.53. The fraction of sp³-hybridized carbons (Fsp3) is 1.00. The average molecular weight is 227 g/mol. The van der Waals surface area contributed by atoms with Crippen molar-refractivity contribution < 1.29 is 4.74 Å². The van der Waals surface area contributed by atoms with Gasteiger partial charge in [0.1, 0.15) is 0 Å². The van der Waals surface area contributed by atoms with Gasteiger partial charge in [-0.25, -0.2) is 0 Å². The van der Waals surface area contributed by atoms with E-state index in [1.165, 1.54) is 44.9 Å². The average Bonchev–Trinajstić information content (AvgIpc) is 2.33. The summed E-state index contributed by atoms with van der Waals surface area (Å²) in [7, 11) is 0. The van der Waals surface area contributed by atoms with Crippen LogP contribution in [-0.2, 0) is 4.74 Å². The summed E-state index contributed by atoms with van der Waals surface area (Å²) in [6, 6.07) is 0. The molecule has 1 atom stereocenters. The van der Waals surface area contributed by atoms with E-state index in [-0.39, 0.29) is 0 Å². The Labute approximate surface area is 101 Å². The Balaban J connectivity index is 1.94. The van der Waals surface area contributed by atoms with E-state index >= 15 is 0 Å². The fourth-order valence-corrected chi connectivity index (χ4v) is 2.32. The van der Waals surface area contributed by atoms with E-state index in [0.29, 0.717) is 6.10 Å². The number of unbranched alkanes of at least 4 members (excludes halogenated alkanes) is 1. The zero-order valence-electron chi connectivity index (χ0n) is 11.1. The van der Waals surface area contributed by atoms with Gasteiger partial charge >= 0.3 is 0 Å². The molecule has 1 fully saturated rings. The monoisotopic (exact) mass is 227 g/mol. The standard InChI is InChI=1S/C14H29NO/c1-3-4-10-15-11-13(2)16-12-14-8-6-5-7-9-14/h13-15H,3-12H2,1-2H3. The summed E-state index contributed by atoms with van der Waals surface area (Å²) in [5.41, 5.74) is 0. The maximum Gasteiger partial charge on any atom is 0.0671 e. The molecule has 2 heteroatoms. The Morgan fingerprint density at radius 1 is 1.25 bits per heavy atom. The van der Waals surface area contributed by atoms with Gasteiger partial charge in [-0.1, -0.05) is 32.6 Å². The van der Waals surface area contributed by atoms with Crippen molar-refractivity contribution >= 4 is 0 Å². The third-order valence-electron chi connectivity index (χ3n) is 3.48. The first-order valence-electron chi connectivity index (χ1n) is 7.15. The number of hydrogen-bond donors (Lipinski definition) is 1. The second-order valence-corrected chi connectivity index (χ2v) is 5.21. The van der Waals surface area contributed by atoms with E-state index in [0.717, 1.165) is 25.6 Å². The van der Waals surface area contributed by atoms with E-state index < -0.39 is 0 Å². The first-order chi connectivity index (χ1) is 7.83. The normalized spacial score (nSPS) is 19.9. The number of rotatable bonds is 8. The molecule has 16 heavy (non-hydrogen) atoms. The van der Waals surface area contributed by atoms with Crippen molar-refractivity contribution in [3.8, 4) is 0 Å². The highest BCUT2D eigenvalue weighted by molar-refractivity contribution is 4.66. The van der Waals surface area contributed by atoms with Gasteiger partial charge in [-0.05, 0) is 38.6 Å². The molecule has 1 saturated carbocycles. The van der Waals surface area contributed by atoms with Crippen molar-refractivity contribution in [2.24, 2.45) is 5.92 Å². The smallest absolute Gasteiger partial charge is 0.0671 e. The lowest BCUT2D eigenvalue weighted by molar-refractivity contribution is 0.0315. The molecular formula is C14H29NO. The molecule has 1 N–H and O–H groups in total. The minimum atomic E-state index is 0.374. The molecule has 0 heterocycles. The topological polar surface area (TPSA) is 21.3 Å². The number of ether oxygens (including phenoxy) is 1. The van der Waals surface area contributed by atoms with Gasteiger partial charge in [-0.2, -0.15) is 0 Å². The molecule has 0 amide bonds. The maximum atomic E-state index is 5.90. The van der Waals surface area contributed by atoms with Crippen LogP contribution in [0.1, 0.15) is 58.8 Å². The Morgan fingerprint density at radius 2 is 2.00 bits per heavy atom. The summed E-state index contributed by atoms with van der Waals surface area (Å²) in [5, 5.41) is 3.45. The lowest BCUT2D eigenvalue weighted by atomic mass is 9.90. The van der Waals surface area contributed by atoms with Gasteiger partial charge in [0, 0.05) is 13.2 Å². The molecule has 0 bridgehead atoms. The molecule has 2 nitrogen and oxygen atoms in total. The van der Waals surface area contributed by atoms with E-state index in [2.05, 4.69) is 19.2 Å². The second-order valence-electron chi connectivity index (χ2n) is 5.21. The third-order valence-corrected chi connectivity index (χ3v) is 3.48. The minimum absolute atomic E-state index is 0.374. The van der Waals surface area contributed by atoms with Crippen molar-refractivity contribution in [2.45, 2.75) is 64.9 Å². The first-order valence-corrected chi connectivity index (χ1v) is 7.15. The molecule has 0 radical (unpaired) electrons. The molecule has 1 unspecified atom stereocenters. The molecule has 0 saturated heterocycles. The van der Waals surface area contributed by atoms with Gasteiger partial charge in [0.25, 0.3) is 0 Å². The summed E-state index contributed by atoms with van der Waals surface area (Å²) >= 11 is 0. The predicted molar refractivity (Wildman–Crippen MR) is 69.8 cm³/mol. The van der Waals surface area contributed by atoms with E-state index in [9.17, 15) is 0 Å². The highest BCUT2D eigenvalue weighted by Crippen LogP contribution is 2.23. The van der Waals surface area contributed by atoms with Crippen LogP contribution < -0.4 is 5.32 Å². The third kappa shape index (κ3) is 6.49. The van der Waals surface area contributed by atoms with E-state index in [1.807, 2.05) is 0 Å². The van der Waals surface area contributed by atoms with Crippen LogP contribution in [0.2, 0.25) is 0 Å². The molecule has 1 aliphatic rings. The molecular weight excluding hydrogens is 198 g/mol. The molecule has 1 rings (SSSR count). The molecule has 0 aromatic heterocycles. The quantitative estimate of drug-likeness (QED) is 0.642. The van der Waals surface area contributed by atoms with E-state index in [4.69, 9.17) is 4.74 Å². The van der Waals surface area contributed by atoms with Gasteiger partial charge < -0.3 is 10.1 Å². The molecule has 0 aliphatic heterocycles. The summed E-state index contributed by atoms with van der Waals surface area (Å²) in [6.07, 6.45) is 9.95. The minimum Gasteiger partial charge on any atom is -0.377 e. The molecule has 0 aromatic rings. The zero-order valence-corrected chi connectivity index (χ0v) is 11.1. The first kappa shape index (κ1) is 14.0. The van der Waals surface area contributed by atoms with Crippen LogP contribution in [-0.4, -0.2) is 25.8 Å². The maximum absolute atomic E-state index is 5.90. The highest BCUT2D eigenvalue weighted by atomic mass is 16.5. The van der Waals surface area contributed by atoms with Gasteiger partial charge in [0.05, 0.1) is 6.10 Å². The van der Waals surface area contributed by atoms with Crippen LogP contribution in [0.4, 0.5) is 0 Å². The predicted octanol–water partition coefficient (Wildman–Crippen LogP) is 3.36. The molecule has 1 aliphatic carbocycles. The second kappa shape index (κ2) is 9.00. The fourth-order valence-electron chi connectivity index (χ4n) is 2.32. The van der Waals surface area contributed by atoms with Crippen molar-refractivity contribution in [1.29, 1.82) is 0 Å². The van der Waals surface area contributed by atoms with E-state index in [1.54, 1.807) is 0 Å². The summed E-state index contributed by atoms with van der Waals surface area (Å²) in [4.78, 5) is 0. The van der Waals surface area contributed by atoms with Crippen LogP contribution in [0.3, 0.4) is 0 Å². The highest BCUT2D eigenvalue weighted by Gasteiger charge is 2.14. The summed E-state index contributed by atoms with van der Waals surface area (Å²) < 4.78 is 5.90. The number of hydrogen-bond acceptors (Lipinski definition) is 2. The summed E-state index contributed by atoms with van der Waals surface area (Å²) in [5.74, 6) is 0.840. The van der Waals surface area contributed by atoms with Crippen molar-refractivity contribution in [3.63, 3.8) is 0 Å². The zero-order chi connectivity index (χ0) is 11.6. The van der Waals surface area contributed by atoms with Crippen LogP contribution in [0.15, 0.2) is 0 Å². The van der Waals surface area contributed by atoms with Gasteiger partial charge in [0.2, 0.25) is 0 Å². The molecule has 0 aromatic carbocycles. The molecule has 96 valence electrons. The van der Waals surface area contributed by atoms with Gasteiger partial charge in [-0.15, -0.1) is 0 Å². The Morgan fingerprint density at radius 3 is 2.69 bits per heavy atom. The largest absolute Gasteiger partial charge is 0.377 e. The van der Waals surface area contributed by atoms with Gasteiger partial charge in [0.15, 0.2) is 0 Å². The Kier molecular flexibility index (Phi) is 7.87. The van der Waals surface area contributed by atoms with Crippen molar-refractivity contribution in [3.05, 3.63) is 0 Å². The Bertz CT molecular complexity index is 155. The van der Waals surface area contributed by atoms with Crippen LogP contribution in [0, 0.1) is 5.92 Å². The van der Waals surface area contributed by atoms with Crippen molar-refractivity contribution in [2.75, 3.05) is 19.7 Å². The SMILES string of the molecule is CCCCNCC(C)OCC1CCCCC1. The van der Waals surface area contributed by atoms with Crippen LogP contribution in [0.25, 0.3) is 0 Å². The van der Waals surface area contributed by atoms with Crippen LogP contribution in [0.5, 0.6) is 0 Å². The van der Waals surface area contributed by atoms with Gasteiger partial charge in [-0.3, -0.25) is 0 Å². The lowest BCUT2D eigenvalue weighted by Crippen LogP contribution is -2.29. The lowest BCUT2D eigenvalue weighted by Gasteiger charge is -2.23. The number of nitrogens with one attached hydrogen (secondary N) is 1.